The standard InChI is InChI=1S/C21H24N4O3/c1-28-18-7-5-16(6-8-18)17-13-20-19(21(14-17)25(26)27)15-22-24(20)12-4-11-23-9-2-3-10-23/h5-8,13-15H,2-4,9-12H2,1H3. The van der Waals surface area contributed by atoms with Crippen molar-refractivity contribution in [2.24, 2.45) is 0 Å². The highest BCUT2D eigenvalue weighted by Crippen LogP contribution is 2.33. The average Bonchev–Trinajstić information content (AvgIpc) is 3.37. The number of non-ortho nitro benzene ring substituents is 1. The predicted octanol–water partition coefficient (Wildman–Crippen LogP) is 4.11. The van der Waals surface area contributed by atoms with Gasteiger partial charge >= 0.3 is 0 Å². The lowest BCUT2D eigenvalue weighted by Crippen LogP contribution is -2.21. The monoisotopic (exact) mass is 380 g/mol. The van der Waals surface area contributed by atoms with Gasteiger partial charge in [-0.1, -0.05) is 12.1 Å². The van der Waals surface area contributed by atoms with Crippen molar-refractivity contribution in [1.82, 2.24) is 14.7 Å². The minimum Gasteiger partial charge on any atom is -0.497 e. The van der Waals surface area contributed by atoms with Gasteiger partial charge < -0.3 is 9.64 Å². The van der Waals surface area contributed by atoms with Gasteiger partial charge in [-0.2, -0.15) is 5.10 Å². The van der Waals surface area contributed by atoms with Gasteiger partial charge in [-0.05, 0) is 68.2 Å². The van der Waals surface area contributed by atoms with Crippen LogP contribution in [0.25, 0.3) is 22.0 Å². The number of rotatable bonds is 7. The summed E-state index contributed by atoms with van der Waals surface area (Å²) in [7, 11) is 1.62. The van der Waals surface area contributed by atoms with E-state index in [2.05, 4.69) is 10.00 Å². The Morgan fingerprint density at radius 3 is 2.54 bits per heavy atom. The topological polar surface area (TPSA) is 73.4 Å². The molecule has 0 spiro atoms. The van der Waals surface area contributed by atoms with Gasteiger partial charge in [-0.25, -0.2) is 0 Å². The van der Waals surface area contributed by atoms with Crippen molar-refractivity contribution in [2.75, 3.05) is 26.7 Å². The molecule has 146 valence electrons. The van der Waals surface area contributed by atoms with E-state index in [-0.39, 0.29) is 10.6 Å². The number of aryl methyl sites for hydroxylation is 1. The number of fused-ring (bicyclic) bond motifs is 1. The first kappa shape index (κ1) is 18.4. The van der Waals surface area contributed by atoms with Crippen molar-refractivity contribution in [2.45, 2.75) is 25.8 Å². The number of nitro benzene ring substituents is 1. The van der Waals surface area contributed by atoms with E-state index < -0.39 is 0 Å². The maximum Gasteiger partial charge on any atom is 0.281 e. The summed E-state index contributed by atoms with van der Waals surface area (Å²) in [6.07, 6.45) is 5.16. The molecule has 1 fully saturated rings. The van der Waals surface area contributed by atoms with Gasteiger partial charge in [0, 0.05) is 12.6 Å². The van der Waals surface area contributed by atoms with E-state index in [1.165, 1.54) is 25.9 Å². The van der Waals surface area contributed by atoms with Crippen molar-refractivity contribution in [3.8, 4) is 16.9 Å². The summed E-state index contributed by atoms with van der Waals surface area (Å²) in [5, 5.41) is 16.7. The Morgan fingerprint density at radius 1 is 1.11 bits per heavy atom. The van der Waals surface area contributed by atoms with Gasteiger partial charge in [0.15, 0.2) is 0 Å². The molecule has 1 aliphatic heterocycles. The molecule has 0 N–H and O–H groups in total. The van der Waals surface area contributed by atoms with E-state index in [1.54, 1.807) is 19.4 Å². The van der Waals surface area contributed by atoms with E-state index in [4.69, 9.17) is 4.74 Å². The first-order valence-corrected chi connectivity index (χ1v) is 9.66. The smallest absolute Gasteiger partial charge is 0.281 e. The van der Waals surface area contributed by atoms with Gasteiger partial charge in [0.1, 0.15) is 5.75 Å². The molecule has 3 aromatic rings. The molecular formula is C21H24N4O3. The number of hydrogen-bond donors (Lipinski definition) is 0. The summed E-state index contributed by atoms with van der Waals surface area (Å²) in [6, 6.07) is 11.2. The van der Waals surface area contributed by atoms with Crippen LogP contribution in [-0.2, 0) is 6.54 Å². The number of benzene rings is 2. The fraction of sp³-hybridized carbons (Fsp3) is 0.381. The molecular weight excluding hydrogens is 356 g/mol. The van der Waals surface area contributed by atoms with E-state index in [0.29, 0.717) is 5.39 Å². The van der Waals surface area contributed by atoms with Crippen LogP contribution in [0.5, 0.6) is 5.75 Å². The molecule has 1 saturated heterocycles. The Kier molecular flexibility index (Phi) is 5.25. The molecule has 1 aromatic heterocycles. The van der Waals surface area contributed by atoms with Crippen LogP contribution in [0, 0.1) is 10.1 Å². The van der Waals surface area contributed by atoms with Crippen LogP contribution in [-0.4, -0.2) is 46.3 Å². The molecule has 1 aliphatic rings. The molecule has 2 aromatic carbocycles. The van der Waals surface area contributed by atoms with Crippen LogP contribution in [0.15, 0.2) is 42.6 Å². The number of likely N-dealkylation sites (tertiary alicyclic amines) is 1. The zero-order chi connectivity index (χ0) is 19.5. The quantitative estimate of drug-likeness (QED) is 0.456. The first-order chi connectivity index (χ1) is 13.7. The number of hydrogen-bond acceptors (Lipinski definition) is 5. The van der Waals surface area contributed by atoms with Crippen LogP contribution >= 0.6 is 0 Å². The molecule has 0 saturated carbocycles. The second-order valence-electron chi connectivity index (χ2n) is 7.18. The average molecular weight is 380 g/mol. The number of ether oxygens (including phenoxy) is 1. The normalized spacial score (nSPS) is 14.6. The molecule has 7 heteroatoms. The maximum absolute atomic E-state index is 11.6. The Labute approximate surface area is 163 Å². The third-order valence-electron chi connectivity index (χ3n) is 5.40. The number of methoxy groups -OCH3 is 1. The zero-order valence-corrected chi connectivity index (χ0v) is 16.0. The fourth-order valence-corrected chi connectivity index (χ4v) is 3.89. The highest BCUT2D eigenvalue weighted by atomic mass is 16.6. The lowest BCUT2D eigenvalue weighted by molar-refractivity contribution is -0.383. The van der Waals surface area contributed by atoms with E-state index >= 15 is 0 Å². The van der Waals surface area contributed by atoms with Gasteiger partial charge in [-0.3, -0.25) is 14.8 Å². The van der Waals surface area contributed by atoms with Gasteiger partial charge in [0.05, 0.1) is 29.1 Å². The molecule has 0 amide bonds. The van der Waals surface area contributed by atoms with Gasteiger partial charge in [0.2, 0.25) is 0 Å². The van der Waals surface area contributed by atoms with Crippen molar-refractivity contribution in [3.05, 3.63) is 52.7 Å². The molecule has 0 unspecified atom stereocenters. The van der Waals surface area contributed by atoms with E-state index in [0.717, 1.165) is 41.9 Å². The third-order valence-corrected chi connectivity index (χ3v) is 5.40. The van der Waals surface area contributed by atoms with E-state index in [1.807, 2.05) is 35.0 Å². The zero-order valence-electron chi connectivity index (χ0n) is 16.0. The lowest BCUT2D eigenvalue weighted by atomic mass is 10.0. The molecule has 0 aliphatic carbocycles. The molecule has 0 atom stereocenters. The first-order valence-electron chi connectivity index (χ1n) is 9.66. The number of nitro groups is 1. The van der Waals surface area contributed by atoms with Crippen molar-refractivity contribution < 1.29 is 9.66 Å². The second-order valence-corrected chi connectivity index (χ2v) is 7.18. The lowest BCUT2D eigenvalue weighted by Gasteiger charge is -2.14. The third kappa shape index (κ3) is 3.71. The largest absolute Gasteiger partial charge is 0.497 e. The Morgan fingerprint density at radius 2 is 1.86 bits per heavy atom. The minimum absolute atomic E-state index is 0.0918. The Bertz CT molecular complexity index is 975. The number of nitrogens with zero attached hydrogens (tertiary/aromatic N) is 4. The van der Waals surface area contributed by atoms with Crippen molar-refractivity contribution in [3.63, 3.8) is 0 Å². The summed E-state index contributed by atoms with van der Waals surface area (Å²) < 4.78 is 7.10. The summed E-state index contributed by atoms with van der Waals surface area (Å²) in [5.74, 6) is 0.756. The second kappa shape index (κ2) is 7.98. The Balaban J connectivity index is 1.65. The molecule has 0 bridgehead atoms. The summed E-state index contributed by atoms with van der Waals surface area (Å²) in [5.41, 5.74) is 2.62. The highest BCUT2D eigenvalue weighted by Gasteiger charge is 2.19. The van der Waals surface area contributed by atoms with Crippen molar-refractivity contribution in [1.29, 1.82) is 0 Å². The highest BCUT2D eigenvalue weighted by molar-refractivity contribution is 5.92. The molecule has 4 rings (SSSR count). The van der Waals surface area contributed by atoms with Crippen LogP contribution in [0.3, 0.4) is 0 Å². The van der Waals surface area contributed by atoms with Crippen molar-refractivity contribution >= 4 is 16.6 Å². The molecule has 7 nitrogen and oxygen atoms in total. The summed E-state index contributed by atoms with van der Waals surface area (Å²) in [4.78, 5) is 13.8. The predicted molar refractivity (Wildman–Crippen MR) is 109 cm³/mol. The van der Waals surface area contributed by atoms with Gasteiger partial charge in [0.25, 0.3) is 5.69 Å². The van der Waals surface area contributed by atoms with Crippen LogP contribution in [0.4, 0.5) is 5.69 Å². The number of aromatic nitrogens is 2. The maximum atomic E-state index is 11.6. The SMILES string of the molecule is COc1ccc(-c2cc([N+](=O)[O-])c3cnn(CCCN4CCCC4)c3c2)cc1. The summed E-state index contributed by atoms with van der Waals surface area (Å²) >= 11 is 0. The molecule has 28 heavy (non-hydrogen) atoms. The van der Waals surface area contributed by atoms with Crippen LogP contribution in [0.2, 0.25) is 0 Å². The Hall–Kier alpha value is -2.93. The molecule has 2 heterocycles. The van der Waals surface area contributed by atoms with Crippen LogP contribution in [0.1, 0.15) is 19.3 Å². The fourth-order valence-electron chi connectivity index (χ4n) is 3.89. The minimum atomic E-state index is -0.328. The van der Waals surface area contributed by atoms with Gasteiger partial charge in [-0.15, -0.1) is 0 Å². The summed E-state index contributed by atoms with van der Waals surface area (Å²) in [6.45, 7) is 4.14. The van der Waals surface area contributed by atoms with Crippen LogP contribution < -0.4 is 4.74 Å². The van der Waals surface area contributed by atoms with E-state index in [9.17, 15) is 10.1 Å². The molecule has 0 radical (unpaired) electrons.